The van der Waals surface area contributed by atoms with Gasteiger partial charge in [0, 0.05) is 11.9 Å². The highest BCUT2D eigenvalue weighted by Crippen LogP contribution is 2.37. The smallest absolute Gasteiger partial charge is 0.345 e. The number of sulfonamides is 1. The molecule has 0 atom stereocenters. The fourth-order valence-corrected chi connectivity index (χ4v) is 4.18. The monoisotopic (exact) mass is 307 g/mol. The minimum atomic E-state index is -3.86. The lowest BCUT2D eigenvalue weighted by atomic mass is 9.95. The third-order valence-corrected chi connectivity index (χ3v) is 5.85. The van der Waals surface area contributed by atoms with Gasteiger partial charge < -0.3 is 5.11 Å². The Hall–Kier alpha value is -0.960. The first kappa shape index (κ1) is 16.1. The Morgan fingerprint density at radius 1 is 1.42 bits per heavy atom. The molecule has 1 heterocycles. The van der Waals surface area contributed by atoms with E-state index in [1.165, 1.54) is 20.2 Å². The highest BCUT2D eigenvalue weighted by molar-refractivity contribution is 7.89. The van der Waals surface area contributed by atoms with Gasteiger partial charge in [-0.05, 0) is 11.5 Å². The first-order valence-corrected chi connectivity index (χ1v) is 7.68. The van der Waals surface area contributed by atoms with Crippen LogP contribution in [0.1, 0.15) is 35.3 Å². The molecular weight excluding hydrogens is 290 g/mol. The summed E-state index contributed by atoms with van der Waals surface area (Å²) < 4.78 is 25.3. The van der Waals surface area contributed by atoms with Crippen molar-refractivity contribution in [1.29, 1.82) is 0 Å². The molecule has 8 heteroatoms. The predicted octanol–water partition coefficient (Wildman–Crippen LogP) is 1.93. The zero-order valence-corrected chi connectivity index (χ0v) is 13.1. The lowest BCUT2D eigenvalue weighted by Crippen LogP contribution is -2.27. The van der Waals surface area contributed by atoms with E-state index in [4.69, 9.17) is 9.94 Å². The normalized spacial score (nSPS) is 12.9. The maximum Gasteiger partial charge on any atom is 0.345 e. The van der Waals surface area contributed by atoms with Crippen LogP contribution in [0.2, 0.25) is 0 Å². The summed E-state index contributed by atoms with van der Waals surface area (Å²) in [6.45, 7) is 5.49. The molecule has 19 heavy (non-hydrogen) atoms. The van der Waals surface area contributed by atoms with Gasteiger partial charge in [-0.1, -0.05) is 25.2 Å². The zero-order chi connectivity index (χ0) is 15.0. The molecule has 0 saturated heterocycles. The number of carboxylic acids is 1. The summed E-state index contributed by atoms with van der Waals surface area (Å²) in [5.41, 5.74) is -0.477. The van der Waals surface area contributed by atoms with Crippen LogP contribution < -0.4 is 0 Å². The molecule has 108 valence electrons. The Morgan fingerprint density at radius 2 is 1.95 bits per heavy atom. The van der Waals surface area contributed by atoms with Crippen molar-refractivity contribution in [2.45, 2.75) is 31.1 Å². The quantitative estimate of drug-likeness (QED) is 0.859. The molecule has 0 saturated carbocycles. The number of aromatic carboxylic acids is 1. The summed E-state index contributed by atoms with van der Waals surface area (Å²) >= 11 is 0.968. The number of carbonyl (C=O) groups is 1. The molecule has 0 radical (unpaired) electrons. The number of carboxylic acid groups (broad SMARTS) is 1. The van der Waals surface area contributed by atoms with Crippen LogP contribution in [0, 0.1) is 0 Å². The van der Waals surface area contributed by atoms with Gasteiger partial charge in [0.2, 0.25) is 0 Å². The Morgan fingerprint density at radius 3 is 2.32 bits per heavy atom. The van der Waals surface area contributed by atoms with E-state index in [1.807, 2.05) is 20.8 Å². The fourth-order valence-electron chi connectivity index (χ4n) is 1.43. The summed E-state index contributed by atoms with van der Waals surface area (Å²) in [5.74, 6) is -1.14. The van der Waals surface area contributed by atoms with Crippen LogP contribution in [0.5, 0.6) is 0 Å². The topological polar surface area (TPSA) is 83.9 Å². The molecular formula is C11H17NO5S2. The SMILES string of the molecule is CON(C)S(=O)(=O)c1cc(C(=O)O)sc1C(C)(C)C. The van der Waals surface area contributed by atoms with Gasteiger partial charge in [0.15, 0.2) is 0 Å². The molecule has 0 amide bonds. The van der Waals surface area contributed by atoms with Crippen molar-refractivity contribution < 1.29 is 23.2 Å². The molecule has 0 aliphatic heterocycles. The average Bonchev–Trinajstić information content (AvgIpc) is 2.72. The average molecular weight is 307 g/mol. The molecule has 0 aliphatic rings. The molecule has 0 fully saturated rings. The summed E-state index contributed by atoms with van der Waals surface area (Å²) in [6.07, 6.45) is 0. The number of rotatable bonds is 4. The summed E-state index contributed by atoms with van der Waals surface area (Å²) in [5, 5.41) is 9.02. The highest BCUT2D eigenvalue weighted by Gasteiger charge is 2.33. The van der Waals surface area contributed by atoms with E-state index in [9.17, 15) is 13.2 Å². The van der Waals surface area contributed by atoms with E-state index in [-0.39, 0.29) is 9.77 Å². The minimum Gasteiger partial charge on any atom is -0.477 e. The van der Waals surface area contributed by atoms with Gasteiger partial charge in [0.1, 0.15) is 4.88 Å². The van der Waals surface area contributed by atoms with Crippen LogP contribution in [-0.4, -0.2) is 38.1 Å². The maximum absolute atomic E-state index is 12.3. The van der Waals surface area contributed by atoms with Crippen molar-refractivity contribution in [1.82, 2.24) is 4.47 Å². The van der Waals surface area contributed by atoms with Crippen LogP contribution in [-0.2, 0) is 20.3 Å². The third-order valence-electron chi connectivity index (χ3n) is 2.46. The molecule has 1 rings (SSSR count). The molecule has 0 aromatic carbocycles. The van der Waals surface area contributed by atoms with Crippen molar-refractivity contribution in [3.63, 3.8) is 0 Å². The van der Waals surface area contributed by atoms with Gasteiger partial charge in [-0.25, -0.2) is 13.2 Å². The van der Waals surface area contributed by atoms with Gasteiger partial charge >= 0.3 is 5.97 Å². The van der Waals surface area contributed by atoms with Gasteiger partial charge in [-0.15, -0.1) is 11.3 Å². The standard InChI is InChI=1S/C11H17NO5S2/c1-11(2,3)9-8(6-7(18-9)10(13)14)19(15,16)12(4)17-5/h6H,1-5H3,(H,13,14). The first-order valence-electron chi connectivity index (χ1n) is 5.42. The van der Waals surface area contributed by atoms with Crippen LogP contribution >= 0.6 is 11.3 Å². The lowest BCUT2D eigenvalue weighted by molar-refractivity contribution is -0.0259. The Kier molecular flexibility index (Phi) is 4.40. The third kappa shape index (κ3) is 3.14. The summed E-state index contributed by atoms with van der Waals surface area (Å²) in [4.78, 5) is 16.2. The second kappa shape index (κ2) is 5.20. The van der Waals surface area contributed by atoms with E-state index in [1.54, 1.807) is 0 Å². The van der Waals surface area contributed by atoms with Gasteiger partial charge in [-0.2, -0.15) is 0 Å². The molecule has 0 unspecified atom stereocenters. The van der Waals surface area contributed by atoms with E-state index < -0.39 is 21.4 Å². The van der Waals surface area contributed by atoms with Crippen molar-refractivity contribution in [3.8, 4) is 0 Å². The number of hydrogen-bond donors (Lipinski definition) is 1. The summed E-state index contributed by atoms with van der Waals surface area (Å²) in [6, 6.07) is 1.18. The Labute approximate surface area is 116 Å². The minimum absolute atomic E-state index is 0.00648. The number of hydroxylamine groups is 1. The zero-order valence-electron chi connectivity index (χ0n) is 11.4. The maximum atomic E-state index is 12.3. The van der Waals surface area contributed by atoms with Crippen LogP contribution in [0.3, 0.4) is 0 Å². The van der Waals surface area contributed by atoms with Gasteiger partial charge in [-0.3, -0.25) is 4.84 Å². The van der Waals surface area contributed by atoms with Crippen LogP contribution in [0.4, 0.5) is 0 Å². The lowest BCUT2D eigenvalue weighted by Gasteiger charge is -2.21. The molecule has 1 N–H and O–H groups in total. The van der Waals surface area contributed by atoms with Crippen molar-refractivity contribution >= 4 is 27.3 Å². The number of hydrogen-bond acceptors (Lipinski definition) is 5. The Balaban J connectivity index is 3.55. The Bertz CT molecular complexity index is 583. The summed E-state index contributed by atoms with van der Waals surface area (Å²) in [7, 11) is -1.36. The van der Waals surface area contributed by atoms with Crippen molar-refractivity contribution in [2.75, 3.05) is 14.2 Å². The van der Waals surface area contributed by atoms with E-state index in [2.05, 4.69) is 0 Å². The molecule has 6 nitrogen and oxygen atoms in total. The second-order valence-electron chi connectivity index (χ2n) is 4.96. The molecule has 0 spiro atoms. The number of nitrogens with zero attached hydrogens (tertiary/aromatic N) is 1. The van der Waals surface area contributed by atoms with Crippen LogP contribution in [0.15, 0.2) is 11.0 Å². The van der Waals surface area contributed by atoms with E-state index >= 15 is 0 Å². The van der Waals surface area contributed by atoms with Gasteiger partial charge in [0.25, 0.3) is 10.0 Å². The van der Waals surface area contributed by atoms with Crippen LogP contribution in [0.25, 0.3) is 0 Å². The molecule has 0 aliphatic carbocycles. The molecule has 1 aromatic heterocycles. The highest BCUT2D eigenvalue weighted by atomic mass is 32.2. The first-order chi connectivity index (χ1) is 8.51. The van der Waals surface area contributed by atoms with Gasteiger partial charge in [0.05, 0.1) is 12.0 Å². The predicted molar refractivity (Wildman–Crippen MR) is 71.9 cm³/mol. The fraction of sp³-hybridized carbons (Fsp3) is 0.545. The van der Waals surface area contributed by atoms with E-state index in [0.717, 1.165) is 15.8 Å². The molecule has 0 bridgehead atoms. The number of thiophene rings is 1. The van der Waals surface area contributed by atoms with Crippen molar-refractivity contribution in [3.05, 3.63) is 15.8 Å². The second-order valence-corrected chi connectivity index (χ2v) is 7.91. The van der Waals surface area contributed by atoms with E-state index in [0.29, 0.717) is 4.88 Å². The molecule has 1 aromatic rings. The largest absolute Gasteiger partial charge is 0.477 e. The van der Waals surface area contributed by atoms with Crippen molar-refractivity contribution in [2.24, 2.45) is 0 Å².